The van der Waals surface area contributed by atoms with E-state index in [1.807, 2.05) is 24.3 Å². The maximum absolute atomic E-state index is 10.8. The van der Waals surface area contributed by atoms with Crippen LogP contribution in [0.3, 0.4) is 0 Å². The molecule has 0 spiro atoms. The zero-order valence-electron chi connectivity index (χ0n) is 20.9. The van der Waals surface area contributed by atoms with Crippen molar-refractivity contribution in [3.63, 3.8) is 0 Å². The van der Waals surface area contributed by atoms with Crippen LogP contribution in [0.2, 0.25) is 0 Å². The largest absolute Gasteiger partial charge is 0.492 e. The van der Waals surface area contributed by atoms with Crippen LogP contribution in [0, 0.1) is 0 Å². The fourth-order valence-electron chi connectivity index (χ4n) is 4.34. The highest BCUT2D eigenvalue weighted by Crippen LogP contribution is 2.34. The molecule has 1 aliphatic heterocycles. The topological polar surface area (TPSA) is 177 Å². The molecule has 2 aromatic carbocycles. The number of aliphatic hydroxyl groups excluding tert-OH is 4. The maximum Gasteiger partial charge on any atom is 0.229 e. The molecule has 0 saturated carbocycles. The minimum absolute atomic E-state index is 0.285. The molecule has 11 heteroatoms. The van der Waals surface area contributed by atoms with Crippen LogP contribution in [0.5, 0.6) is 11.5 Å². The number of carbonyl (C=O) groups is 1. The van der Waals surface area contributed by atoms with Gasteiger partial charge >= 0.3 is 0 Å². The Bertz CT molecular complexity index is 1200. The van der Waals surface area contributed by atoms with Crippen molar-refractivity contribution in [2.45, 2.75) is 50.0 Å². The number of hydrogen-bond donors (Lipinski definition) is 6. The maximum atomic E-state index is 10.8. The van der Waals surface area contributed by atoms with Gasteiger partial charge in [-0.1, -0.05) is 18.2 Å². The quantitative estimate of drug-likeness (QED) is 0.168. The molecule has 1 saturated heterocycles. The Labute approximate surface area is 219 Å². The van der Waals surface area contributed by atoms with Gasteiger partial charge in [0, 0.05) is 25.1 Å². The summed E-state index contributed by atoms with van der Waals surface area (Å²) in [7, 11) is 0. The molecule has 2 heterocycles. The Morgan fingerprint density at radius 1 is 1.03 bits per heavy atom. The number of nitrogens with one attached hydrogen (secondary N) is 1. The number of aryl methyl sites for hydroxylation is 2. The lowest BCUT2D eigenvalue weighted by atomic mass is 9.99. The Morgan fingerprint density at radius 3 is 2.63 bits per heavy atom. The highest BCUT2D eigenvalue weighted by atomic mass is 16.7. The Hall–Kier alpha value is -3.19. The summed E-state index contributed by atoms with van der Waals surface area (Å²) >= 11 is 0. The van der Waals surface area contributed by atoms with Crippen LogP contribution in [-0.4, -0.2) is 83.3 Å². The smallest absolute Gasteiger partial charge is 0.229 e. The second-order valence-electron chi connectivity index (χ2n) is 9.17. The van der Waals surface area contributed by atoms with Crippen LogP contribution in [-0.2, 0) is 22.4 Å². The molecule has 11 nitrogen and oxygen atoms in total. The molecule has 1 aromatic heterocycles. The van der Waals surface area contributed by atoms with Crippen molar-refractivity contribution in [1.82, 2.24) is 5.32 Å². The second-order valence-corrected chi connectivity index (χ2v) is 9.17. The van der Waals surface area contributed by atoms with Crippen molar-refractivity contribution >= 4 is 16.9 Å². The van der Waals surface area contributed by atoms with E-state index in [4.69, 9.17) is 24.4 Å². The molecule has 4 rings (SSSR count). The highest BCUT2D eigenvalue weighted by molar-refractivity contribution is 5.87. The van der Waals surface area contributed by atoms with Crippen molar-refractivity contribution < 1.29 is 43.8 Å². The summed E-state index contributed by atoms with van der Waals surface area (Å²) < 4.78 is 22.9. The molecule has 0 unspecified atom stereocenters. The molecule has 0 bridgehead atoms. The van der Waals surface area contributed by atoms with E-state index >= 15 is 0 Å². The predicted molar refractivity (Wildman–Crippen MR) is 137 cm³/mol. The van der Waals surface area contributed by atoms with Gasteiger partial charge < -0.3 is 50.1 Å². The number of primary amides is 1. The standard InChI is InChI=1S/C27H34N2O9/c28-22(31)9-10-29-11-12-35-18-4-1-3-16(13-18)7-8-17-15-36-19-5-2-6-20(23(17)19)37-27-26(34)25(33)24(32)21(14-30)38-27/h1-6,13,15,21,24-27,29-30,32-34H,7-12,14H2,(H2,28,31)/t21-,24-,25+,26-,27-/m1/s1. The van der Waals surface area contributed by atoms with E-state index in [2.05, 4.69) is 5.32 Å². The zero-order chi connectivity index (χ0) is 27.1. The van der Waals surface area contributed by atoms with Gasteiger partial charge in [-0.05, 0) is 42.7 Å². The number of hydrogen-bond acceptors (Lipinski definition) is 10. The average Bonchev–Trinajstić information content (AvgIpc) is 3.34. The Kier molecular flexibility index (Phi) is 9.56. The van der Waals surface area contributed by atoms with Gasteiger partial charge in [0.15, 0.2) is 0 Å². The second kappa shape index (κ2) is 13.1. The van der Waals surface area contributed by atoms with E-state index in [1.165, 1.54) is 0 Å². The number of benzene rings is 2. The number of ether oxygens (including phenoxy) is 3. The van der Waals surface area contributed by atoms with E-state index in [-0.39, 0.29) is 12.3 Å². The third-order valence-electron chi connectivity index (χ3n) is 6.41. The Morgan fingerprint density at radius 2 is 1.84 bits per heavy atom. The summed E-state index contributed by atoms with van der Waals surface area (Å²) in [5.74, 6) is 0.781. The number of furan rings is 1. The first-order valence-electron chi connectivity index (χ1n) is 12.5. The van der Waals surface area contributed by atoms with E-state index in [0.717, 1.165) is 16.9 Å². The molecule has 0 radical (unpaired) electrons. The number of amides is 1. The van der Waals surface area contributed by atoms with Gasteiger partial charge in [0.25, 0.3) is 0 Å². The number of aliphatic hydroxyl groups is 4. The van der Waals surface area contributed by atoms with Crippen molar-refractivity contribution in [2.75, 3.05) is 26.3 Å². The van der Waals surface area contributed by atoms with Gasteiger partial charge in [0.2, 0.25) is 12.2 Å². The summed E-state index contributed by atoms with van der Waals surface area (Å²) in [4.78, 5) is 10.8. The molecule has 7 N–H and O–H groups in total. The predicted octanol–water partition coefficient (Wildman–Crippen LogP) is 0.241. The molecular weight excluding hydrogens is 496 g/mol. The first-order chi connectivity index (χ1) is 18.4. The van der Waals surface area contributed by atoms with Gasteiger partial charge in [0.1, 0.15) is 48.1 Å². The van der Waals surface area contributed by atoms with E-state index in [1.54, 1.807) is 24.5 Å². The Balaban J connectivity index is 1.39. The summed E-state index contributed by atoms with van der Waals surface area (Å²) in [6, 6.07) is 13.0. The number of rotatable bonds is 13. The van der Waals surface area contributed by atoms with Gasteiger partial charge in [-0.3, -0.25) is 4.79 Å². The first-order valence-corrected chi connectivity index (χ1v) is 12.5. The average molecular weight is 531 g/mol. The fourth-order valence-corrected chi connectivity index (χ4v) is 4.34. The third kappa shape index (κ3) is 6.81. The van der Waals surface area contributed by atoms with E-state index < -0.39 is 37.3 Å². The molecule has 1 amide bonds. The van der Waals surface area contributed by atoms with E-state index in [0.29, 0.717) is 49.3 Å². The minimum Gasteiger partial charge on any atom is -0.492 e. The summed E-state index contributed by atoms with van der Waals surface area (Å²) in [5.41, 5.74) is 7.65. The van der Waals surface area contributed by atoms with Crippen LogP contribution < -0.4 is 20.5 Å². The van der Waals surface area contributed by atoms with E-state index in [9.17, 15) is 25.2 Å². The number of fused-ring (bicyclic) bond motifs is 1. The van der Waals surface area contributed by atoms with Gasteiger partial charge in [-0.2, -0.15) is 0 Å². The number of carbonyl (C=O) groups excluding carboxylic acids is 1. The number of nitrogens with two attached hydrogens (primary N) is 1. The monoisotopic (exact) mass is 530 g/mol. The van der Waals surface area contributed by atoms with Crippen molar-refractivity contribution in [2.24, 2.45) is 5.73 Å². The van der Waals surface area contributed by atoms with Gasteiger partial charge in [-0.25, -0.2) is 0 Å². The normalized spacial score (nSPS) is 23.4. The van der Waals surface area contributed by atoms with Crippen LogP contribution in [0.4, 0.5) is 0 Å². The molecular formula is C27H34N2O9. The van der Waals surface area contributed by atoms with Crippen LogP contribution in [0.15, 0.2) is 53.1 Å². The highest BCUT2D eigenvalue weighted by Gasteiger charge is 2.44. The van der Waals surface area contributed by atoms with Gasteiger partial charge in [-0.15, -0.1) is 0 Å². The molecule has 1 aliphatic rings. The SMILES string of the molecule is NC(=O)CCNCCOc1cccc(CCc2coc3cccc(O[C@@H]4O[C@H](CO)[C@@H](O)[C@H](O)[C@H]4O)c23)c1. The molecule has 5 atom stereocenters. The summed E-state index contributed by atoms with van der Waals surface area (Å²) in [6.45, 7) is 1.02. The van der Waals surface area contributed by atoms with Crippen molar-refractivity contribution in [1.29, 1.82) is 0 Å². The minimum atomic E-state index is -1.53. The van der Waals surface area contributed by atoms with Crippen molar-refractivity contribution in [3.05, 3.63) is 59.9 Å². The molecule has 38 heavy (non-hydrogen) atoms. The fraction of sp³-hybridized carbons (Fsp3) is 0.444. The third-order valence-corrected chi connectivity index (χ3v) is 6.41. The lowest BCUT2D eigenvalue weighted by Gasteiger charge is -2.39. The van der Waals surface area contributed by atoms with Gasteiger partial charge in [0.05, 0.1) is 18.3 Å². The summed E-state index contributed by atoms with van der Waals surface area (Å²) in [5, 5.41) is 43.8. The zero-order valence-corrected chi connectivity index (χ0v) is 20.9. The molecule has 3 aromatic rings. The van der Waals surface area contributed by atoms with Crippen LogP contribution in [0.1, 0.15) is 17.5 Å². The lowest BCUT2D eigenvalue weighted by Crippen LogP contribution is -2.60. The molecule has 0 aliphatic carbocycles. The molecule has 206 valence electrons. The van der Waals surface area contributed by atoms with Crippen molar-refractivity contribution in [3.8, 4) is 11.5 Å². The summed E-state index contributed by atoms with van der Waals surface area (Å²) in [6.07, 6.45) is -3.62. The first kappa shape index (κ1) is 27.8. The van der Waals surface area contributed by atoms with Crippen LogP contribution in [0.25, 0.3) is 11.0 Å². The molecule has 1 fully saturated rings. The van der Waals surface area contributed by atoms with Crippen LogP contribution >= 0.6 is 0 Å². The lowest BCUT2D eigenvalue weighted by molar-refractivity contribution is -0.277.